The van der Waals surface area contributed by atoms with Gasteiger partial charge in [0.15, 0.2) is 0 Å². The SMILES string of the molecule is Cc1[nH]c2c(F)ccc(C)c2c1CCNC(=O)/C=C/c1ccc(CCO)cc1. The molecule has 146 valence electrons. The van der Waals surface area contributed by atoms with Crippen molar-refractivity contribution in [3.63, 3.8) is 0 Å². The number of aliphatic hydroxyl groups is 1. The molecule has 1 heterocycles. The lowest BCUT2D eigenvalue weighted by molar-refractivity contribution is -0.116. The maximum Gasteiger partial charge on any atom is 0.244 e. The van der Waals surface area contributed by atoms with Crippen LogP contribution in [0.4, 0.5) is 4.39 Å². The van der Waals surface area contributed by atoms with E-state index in [1.165, 1.54) is 12.1 Å². The maximum absolute atomic E-state index is 14.0. The molecule has 0 bridgehead atoms. The van der Waals surface area contributed by atoms with Crippen molar-refractivity contribution in [3.05, 3.63) is 76.2 Å². The van der Waals surface area contributed by atoms with Crippen molar-refractivity contribution in [2.45, 2.75) is 26.7 Å². The van der Waals surface area contributed by atoms with E-state index in [0.717, 1.165) is 33.3 Å². The first kappa shape index (κ1) is 19.8. The van der Waals surface area contributed by atoms with Gasteiger partial charge in [-0.2, -0.15) is 0 Å². The normalized spacial score (nSPS) is 11.4. The van der Waals surface area contributed by atoms with Crippen LogP contribution in [0.1, 0.15) is 27.9 Å². The van der Waals surface area contributed by atoms with Crippen LogP contribution in [-0.4, -0.2) is 29.1 Å². The summed E-state index contributed by atoms with van der Waals surface area (Å²) in [7, 11) is 0. The van der Waals surface area contributed by atoms with Crippen LogP contribution in [-0.2, 0) is 17.6 Å². The Labute approximate surface area is 164 Å². The number of hydrogen-bond donors (Lipinski definition) is 3. The smallest absolute Gasteiger partial charge is 0.244 e. The van der Waals surface area contributed by atoms with Gasteiger partial charge >= 0.3 is 0 Å². The number of carbonyl (C=O) groups is 1. The number of halogens is 1. The first-order valence-corrected chi connectivity index (χ1v) is 9.41. The van der Waals surface area contributed by atoms with Crippen molar-refractivity contribution in [3.8, 4) is 0 Å². The third-order valence-corrected chi connectivity index (χ3v) is 4.91. The lowest BCUT2D eigenvalue weighted by Gasteiger charge is -2.05. The summed E-state index contributed by atoms with van der Waals surface area (Å²) in [5.74, 6) is -0.424. The Morgan fingerprint density at radius 1 is 1.14 bits per heavy atom. The average Bonchev–Trinajstić information content (AvgIpc) is 3.02. The van der Waals surface area contributed by atoms with E-state index >= 15 is 0 Å². The van der Waals surface area contributed by atoms with Crippen LogP contribution in [0.3, 0.4) is 0 Å². The second kappa shape index (κ2) is 8.85. The lowest BCUT2D eigenvalue weighted by Crippen LogP contribution is -2.23. The van der Waals surface area contributed by atoms with Crippen molar-refractivity contribution in [2.24, 2.45) is 0 Å². The molecule has 0 aliphatic carbocycles. The van der Waals surface area contributed by atoms with Crippen molar-refractivity contribution in [2.75, 3.05) is 13.2 Å². The van der Waals surface area contributed by atoms with Crippen molar-refractivity contribution in [1.82, 2.24) is 10.3 Å². The van der Waals surface area contributed by atoms with E-state index in [1.807, 2.05) is 38.1 Å². The molecule has 1 amide bonds. The van der Waals surface area contributed by atoms with Gasteiger partial charge in [0.1, 0.15) is 5.82 Å². The molecule has 28 heavy (non-hydrogen) atoms. The summed E-state index contributed by atoms with van der Waals surface area (Å²) in [5.41, 5.74) is 5.50. The van der Waals surface area contributed by atoms with Gasteiger partial charge < -0.3 is 15.4 Å². The third-order valence-electron chi connectivity index (χ3n) is 4.91. The van der Waals surface area contributed by atoms with Gasteiger partial charge in [-0.25, -0.2) is 4.39 Å². The fourth-order valence-corrected chi connectivity index (χ4v) is 3.42. The maximum atomic E-state index is 14.0. The average molecular weight is 380 g/mol. The van der Waals surface area contributed by atoms with Gasteiger partial charge in [0, 0.05) is 30.3 Å². The Kier molecular flexibility index (Phi) is 6.26. The van der Waals surface area contributed by atoms with Crippen LogP contribution in [0.5, 0.6) is 0 Å². The predicted molar refractivity (Wildman–Crippen MR) is 111 cm³/mol. The summed E-state index contributed by atoms with van der Waals surface area (Å²) in [6, 6.07) is 11.0. The molecule has 3 N–H and O–H groups in total. The molecule has 2 aromatic carbocycles. The number of rotatable bonds is 7. The number of amides is 1. The van der Waals surface area contributed by atoms with Gasteiger partial charge in [0.05, 0.1) is 5.52 Å². The summed E-state index contributed by atoms with van der Waals surface area (Å²) < 4.78 is 14.0. The van der Waals surface area contributed by atoms with Crippen LogP contribution in [0.2, 0.25) is 0 Å². The topological polar surface area (TPSA) is 65.1 Å². The Hall–Kier alpha value is -2.92. The molecule has 0 radical (unpaired) electrons. The van der Waals surface area contributed by atoms with E-state index in [9.17, 15) is 9.18 Å². The molecular formula is C23H25FN2O2. The minimum absolute atomic E-state index is 0.125. The number of aliphatic hydroxyl groups excluding tert-OH is 1. The molecule has 0 saturated carbocycles. The van der Waals surface area contributed by atoms with Gasteiger partial charge in [-0.15, -0.1) is 0 Å². The Balaban J connectivity index is 1.59. The van der Waals surface area contributed by atoms with E-state index in [0.29, 0.717) is 24.9 Å². The summed E-state index contributed by atoms with van der Waals surface area (Å²) >= 11 is 0. The molecule has 3 aromatic rings. The quantitative estimate of drug-likeness (QED) is 0.546. The minimum Gasteiger partial charge on any atom is -0.396 e. The number of aromatic amines is 1. The number of carbonyl (C=O) groups excluding carboxylic acids is 1. The van der Waals surface area contributed by atoms with Gasteiger partial charge in [0.2, 0.25) is 5.91 Å². The Morgan fingerprint density at radius 2 is 1.89 bits per heavy atom. The summed E-state index contributed by atoms with van der Waals surface area (Å²) in [5, 5.41) is 12.7. The van der Waals surface area contributed by atoms with Crippen molar-refractivity contribution < 1.29 is 14.3 Å². The largest absolute Gasteiger partial charge is 0.396 e. The summed E-state index contributed by atoms with van der Waals surface area (Å²) in [6.07, 6.45) is 4.52. The lowest BCUT2D eigenvalue weighted by atomic mass is 10.0. The van der Waals surface area contributed by atoms with E-state index in [4.69, 9.17) is 5.11 Å². The number of aryl methyl sites for hydroxylation is 2. The van der Waals surface area contributed by atoms with Crippen LogP contribution in [0.25, 0.3) is 17.0 Å². The molecule has 0 aliphatic heterocycles. The van der Waals surface area contributed by atoms with E-state index in [-0.39, 0.29) is 18.3 Å². The number of H-pyrrole nitrogens is 1. The minimum atomic E-state index is -0.257. The molecule has 0 spiro atoms. The second-order valence-corrected chi connectivity index (χ2v) is 6.93. The molecule has 3 rings (SSSR count). The highest BCUT2D eigenvalue weighted by Crippen LogP contribution is 2.27. The van der Waals surface area contributed by atoms with E-state index in [1.54, 1.807) is 12.1 Å². The van der Waals surface area contributed by atoms with Gasteiger partial charge in [-0.3, -0.25) is 4.79 Å². The standard InChI is InChI=1S/C23H25FN2O2/c1-15-3-9-20(24)23-22(15)19(16(2)26-23)11-13-25-21(28)10-8-17-4-6-18(7-5-17)12-14-27/h3-10,26-27H,11-14H2,1-2H3,(H,25,28)/b10-8+. The van der Waals surface area contributed by atoms with E-state index in [2.05, 4.69) is 10.3 Å². The van der Waals surface area contributed by atoms with Gasteiger partial charge in [-0.05, 0) is 61.1 Å². The summed E-state index contributed by atoms with van der Waals surface area (Å²) in [6.45, 7) is 4.49. The zero-order valence-electron chi connectivity index (χ0n) is 16.2. The van der Waals surface area contributed by atoms with Crippen LogP contribution in [0.15, 0.2) is 42.5 Å². The molecule has 0 atom stereocenters. The zero-order valence-corrected chi connectivity index (χ0v) is 16.2. The molecule has 5 heteroatoms. The molecule has 1 aromatic heterocycles. The number of nitrogens with one attached hydrogen (secondary N) is 2. The molecular weight excluding hydrogens is 355 g/mol. The van der Waals surface area contributed by atoms with Crippen molar-refractivity contribution >= 4 is 22.9 Å². The Bertz CT molecular complexity index is 1000. The zero-order chi connectivity index (χ0) is 20.1. The van der Waals surface area contributed by atoms with Gasteiger partial charge in [0.25, 0.3) is 0 Å². The molecule has 0 aliphatic rings. The first-order chi connectivity index (χ1) is 13.5. The molecule has 0 unspecified atom stereocenters. The highest BCUT2D eigenvalue weighted by atomic mass is 19.1. The van der Waals surface area contributed by atoms with Gasteiger partial charge in [-0.1, -0.05) is 30.3 Å². The molecule has 4 nitrogen and oxygen atoms in total. The number of aromatic nitrogens is 1. The second-order valence-electron chi connectivity index (χ2n) is 6.93. The monoisotopic (exact) mass is 380 g/mol. The Morgan fingerprint density at radius 3 is 2.61 bits per heavy atom. The number of hydrogen-bond acceptors (Lipinski definition) is 2. The fraction of sp³-hybridized carbons (Fsp3) is 0.261. The first-order valence-electron chi connectivity index (χ1n) is 9.41. The molecule has 0 saturated heterocycles. The van der Waals surface area contributed by atoms with Crippen LogP contribution < -0.4 is 5.32 Å². The number of benzene rings is 2. The fourth-order valence-electron chi connectivity index (χ4n) is 3.42. The van der Waals surface area contributed by atoms with E-state index < -0.39 is 0 Å². The predicted octanol–water partition coefficient (Wildman–Crippen LogP) is 3.83. The highest BCUT2D eigenvalue weighted by Gasteiger charge is 2.13. The van der Waals surface area contributed by atoms with Crippen LogP contribution >= 0.6 is 0 Å². The third kappa shape index (κ3) is 4.49. The van der Waals surface area contributed by atoms with Crippen LogP contribution in [0, 0.1) is 19.7 Å². The highest BCUT2D eigenvalue weighted by molar-refractivity contribution is 5.92. The number of fused-ring (bicyclic) bond motifs is 1. The summed E-state index contributed by atoms with van der Waals surface area (Å²) in [4.78, 5) is 15.2. The van der Waals surface area contributed by atoms with Crippen molar-refractivity contribution in [1.29, 1.82) is 0 Å². The molecule has 0 fully saturated rings.